The number of fused-ring (bicyclic) bond motifs is 2. The molecule has 12 nitrogen and oxygen atoms in total. The maximum absolute atomic E-state index is 12.8. The maximum Gasteiger partial charge on any atom is 0.339 e. The van der Waals surface area contributed by atoms with Crippen LogP contribution in [0.2, 0.25) is 0 Å². The van der Waals surface area contributed by atoms with Crippen LogP contribution in [0.5, 0.6) is 11.5 Å². The first-order valence-corrected chi connectivity index (χ1v) is 25.7. The lowest BCUT2D eigenvalue weighted by atomic mass is 9.90. The molecule has 0 spiro atoms. The van der Waals surface area contributed by atoms with E-state index in [1.54, 1.807) is 48.5 Å². The van der Waals surface area contributed by atoms with Crippen LogP contribution >= 0.6 is 0 Å². The molecule has 0 saturated carbocycles. The molecule has 12 heteroatoms. The van der Waals surface area contributed by atoms with Gasteiger partial charge in [-0.15, -0.1) is 0 Å². The molecule has 0 atom stereocenters. The molecule has 2 fully saturated rings. The number of nitrogens with one attached hydrogen (secondary N) is 2. The Bertz CT molecular complexity index is 2890. The average molecular weight is 1010 g/mol. The largest absolute Gasteiger partial charge is 0.507 e. The summed E-state index contributed by atoms with van der Waals surface area (Å²) in [7, 11) is 0. The minimum Gasteiger partial charge on any atom is -0.507 e. The Morgan fingerprint density at radius 1 is 0.427 bits per heavy atom. The van der Waals surface area contributed by atoms with E-state index in [1.807, 2.05) is 121 Å². The van der Waals surface area contributed by atoms with Crippen molar-refractivity contribution in [2.45, 2.75) is 43.9 Å². The average Bonchev–Trinajstić information content (AvgIpc) is 4.18. The Kier molecular flexibility index (Phi) is 18.4. The zero-order chi connectivity index (χ0) is 52.5. The van der Waals surface area contributed by atoms with Crippen LogP contribution in [0.15, 0.2) is 182 Å². The van der Waals surface area contributed by atoms with Gasteiger partial charge < -0.3 is 40.9 Å². The van der Waals surface area contributed by atoms with E-state index in [0.29, 0.717) is 32.7 Å². The van der Waals surface area contributed by atoms with E-state index in [-0.39, 0.29) is 41.2 Å². The van der Waals surface area contributed by atoms with Gasteiger partial charge in [0, 0.05) is 43.7 Å². The molecular formula is C63H64N4O8. The Hall–Kier alpha value is -8.32. The summed E-state index contributed by atoms with van der Waals surface area (Å²) in [4.78, 5) is 53.6. The number of aromatic hydroxyl groups is 2. The fraction of sp³-hybridized carbons (Fsp3) is 0.238. The SMILES string of the molecule is O=C(NCCN1CCCC1)C(c1ccccc1)c1ccccc1.O=C(NCCN1CCCC1)C(c1ccccc1)c1ccccc1.O=C(O)c1cc2ccccc2c(Cc2c(O)c(C(=O)O)cc3ccccc23)c1O. The van der Waals surface area contributed by atoms with Crippen LogP contribution in [0.1, 0.15) is 91.6 Å². The number of rotatable bonds is 16. The van der Waals surface area contributed by atoms with Crippen molar-refractivity contribution in [2.75, 3.05) is 52.4 Å². The van der Waals surface area contributed by atoms with Crippen molar-refractivity contribution >= 4 is 45.3 Å². The first-order chi connectivity index (χ1) is 36.6. The number of amides is 2. The van der Waals surface area contributed by atoms with Crippen molar-refractivity contribution in [1.29, 1.82) is 0 Å². The van der Waals surface area contributed by atoms with Crippen LogP contribution in [-0.2, 0) is 16.0 Å². The molecule has 2 aliphatic heterocycles. The Balaban J connectivity index is 0.000000151. The van der Waals surface area contributed by atoms with Gasteiger partial charge in [0.1, 0.15) is 22.6 Å². The number of carbonyl (C=O) groups is 4. The first kappa shape index (κ1) is 53.0. The Labute approximate surface area is 437 Å². The summed E-state index contributed by atoms with van der Waals surface area (Å²) in [6.07, 6.45) is 5.09. The number of carboxylic acids is 2. The number of likely N-dealkylation sites (tertiary alicyclic amines) is 2. The molecule has 2 heterocycles. The second kappa shape index (κ2) is 26.1. The summed E-state index contributed by atoms with van der Waals surface area (Å²) in [6, 6.07) is 56.8. The molecule has 10 rings (SSSR count). The number of aromatic carboxylic acids is 2. The molecule has 8 aromatic carbocycles. The second-order valence-electron chi connectivity index (χ2n) is 18.9. The van der Waals surface area contributed by atoms with E-state index in [0.717, 1.165) is 74.6 Å². The highest BCUT2D eigenvalue weighted by Crippen LogP contribution is 2.39. The predicted octanol–water partition coefficient (Wildman–Crippen LogP) is 10.5. The third-order valence-corrected chi connectivity index (χ3v) is 14.0. The number of phenols is 2. The quantitative estimate of drug-likeness (QED) is 0.0546. The predicted molar refractivity (Wildman–Crippen MR) is 295 cm³/mol. The minimum atomic E-state index is -1.28. The highest BCUT2D eigenvalue weighted by Gasteiger charge is 2.26. The molecule has 8 aromatic rings. The molecule has 0 unspecified atom stereocenters. The van der Waals surface area contributed by atoms with Gasteiger partial charge in [-0.05, 0) is 108 Å². The van der Waals surface area contributed by atoms with Gasteiger partial charge >= 0.3 is 11.9 Å². The van der Waals surface area contributed by atoms with Crippen LogP contribution in [0.3, 0.4) is 0 Å². The number of nitrogens with zero attached hydrogens (tertiary/aromatic N) is 2. The van der Waals surface area contributed by atoms with Crippen molar-refractivity contribution in [1.82, 2.24) is 20.4 Å². The molecule has 75 heavy (non-hydrogen) atoms. The maximum atomic E-state index is 12.8. The van der Waals surface area contributed by atoms with E-state index < -0.39 is 23.4 Å². The highest BCUT2D eigenvalue weighted by atomic mass is 16.4. The molecule has 0 aromatic heterocycles. The summed E-state index contributed by atoms with van der Waals surface area (Å²) in [5, 5.41) is 49.0. The van der Waals surface area contributed by atoms with Gasteiger partial charge in [-0.2, -0.15) is 0 Å². The van der Waals surface area contributed by atoms with E-state index in [2.05, 4.69) is 20.4 Å². The molecule has 2 aliphatic rings. The van der Waals surface area contributed by atoms with Crippen molar-refractivity contribution in [3.8, 4) is 11.5 Å². The molecule has 6 N–H and O–H groups in total. The smallest absolute Gasteiger partial charge is 0.339 e. The summed E-state index contributed by atoms with van der Waals surface area (Å²) in [5.41, 5.74) is 4.27. The minimum absolute atomic E-state index is 0.0407. The zero-order valence-corrected chi connectivity index (χ0v) is 42.0. The third-order valence-electron chi connectivity index (χ3n) is 14.0. The van der Waals surface area contributed by atoms with Crippen molar-refractivity contribution in [2.24, 2.45) is 0 Å². The zero-order valence-electron chi connectivity index (χ0n) is 42.0. The highest BCUT2D eigenvalue weighted by molar-refractivity contribution is 6.02. The van der Waals surface area contributed by atoms with Crippen LogP contribution in [0, 0.1) is 0 Å². The number of hydrogen-bond acceptors (Lipinski definition) is 8. The fourth-order valence-corrected chi connectivity index (χ4v) is 10.1. The van der Waals surface area contributed by atoms with Gasteiger partial charge in [-0.1, -0.05) is 170 Å². The van der Waals surface area contributed by atoms with Gasteiger partial charge in [0.15, 0.2) is 0 Å². The third kappa shape index (κ3) is 13.7. The van der Waals surface area contributed by atoms with Crippen LogP contribution in [-0.4, -0.2) is 106 Å². The lowest BCUT2D eigenvalue weighted by molar-refractivity contribution is -0.122. The van der Waals surface area contributed by atoms with Gasteiger partial charge in [0.2, 0.25) is 11.8 Å². The Morgan fingerprint density at radius 2 is 0.720 bits per heavy atom. The van der Waals surface area contributed by atoms with Crippen LogP contribution in [0.4, 0.5) is 0 Å². The molecular weight excluding hydrogens is 941 g/mol. The van der Waals surface area contributed by atoms with E-state index in [9.17, 15) is 39.6 Å². The van der Waals surface area contributed by atoms with E-state index in [4.69, 9.17) is 0 Å². The van der Waals surface area contributed by atoms with Crippen molar-refractivity contribution in [3.05, 3.63) is 226 Å². The summed E-state index contributed by atoms with van der Waals surface area (Å²) in [6.45, 7) is 7.98. The van der Waals surface area contributed by atoms with Crippen LogP contribution < -0.4 is 10.6 Å². The molecule has 0 bridgehead atoms. The fourth-order valence-electron chi connectivity index (χ4n) is 10.1. The van der Waals surface area contributed by atoms with Gasteiger partial charge in [-0.3, -0.25) is 9.59 Å². The van der Waals surface area contributed by atoms with Crippen LogP contribution in [0.25, 0.3) is 21.5 Å². The van der Waals surface area contributed by atoms with E-state index >= 15 is 0 Å². The monoisotopic (exact) mass is 1000 g/mol. The van der Waals surface area contributed by atoms with E-state index in [1.165, 1.54) is 37.8 Å². The lowest BCUT2D eigenvalue weighted by Gasteiger charge is -2.20. The number of carbonyl (C=O) groups excluding carboxylic acids is 2. The number of benzene rings is 8. The van der Waals surface area contributed by atoms with Gasteiger partial charge in [-0.25, -0.2) is 9.59 Å². The number of carboxylic acid groups (broad SMARTS) is 2. The Morgan fingerprint density at radius 3 is 1.03 bits per heavy atom. The number of hydrogen-bond donors (Lipinski definition) is 6. The second-order valence-corrected chi connectivity index (χ2v) is 18.9. The van der Waals surface area contributed by atoms with Gasteiger partial charge in [0.05, 0.1) is 11.8 Å². The van der Waals surface area contributed by atoms with Crippen molar-refractivity contribution < 1.29 is 39.6 Å². The summed E-state index contributed by atoms with van der Waals surface area (Å²) >= 11 is 0. The molecule has 0 radical (unpaired) electrons. The standard InChI is InChI=1S/C23H16O6.2C20H24N2O/c24-20-16(14-7-3-1-5-12(14)9-18(20)22(26)27)11-17-15-8-4-2-6-13(15)10-19(21(17)25)23(28)29;2*23-20(21-13-16-22-14-7-8-15-22)19(17-9-3-1-4-10-17)18-11-5-2-6-12-18/h1-10,24-25H,11H2,(H,26,27)(H,28,29);2*1-6,9-12,19H,7-8,13-16H2,(H,21,23). The normalized spacial score (nSPS) is 13.5. The molecule has 384 valence electrons. The molecule has 2 saturated heterocycles. The topological polar surface area (TPSA) is 180 Å². The molecule has 2 amide bonds. The van der Waals surface area contributed by atoms with Gasteiger partial charge in [0.25, 0.3) is 0 Å². The summed E-state index contributed by atoms with van der Waals surface area (Å²) in [5.74, 6) is -3.67. The lowest BCUT2D eigenvalue weighted by Crippen LogP contribution is -2.36. The van der Waals surface area contributed by atoms with Crippen molar-refractivity contribution in [3.63, 3.8) is 0 Å². The first-order valence-electron chi connectivity index (χ1n) is 25.7. The summed E-state index contributed by atoms with van der Waals surface area (Å²) < 4.78 is 0. The molecule has 0 aliphatic carbocycles.